The van der Waals surface area contributed by atoms with Gasteiger partial charge in [-0.3, -0.25) is 14.9 Å². The number of nitrogens with zero attached hydrogens (tertiary/aromatic N) is 2. The fourth-order valence-corrected chi connectivity index (χ4v) is 3.24. The van der Waals surface area contributed by atoms with Crippen LogP contribution in [0.15, 0.2) is 36.4 Å². The van der Waals surface area contributed by atoms with E-state index in [1.165, 1.54) is 18.2 Å². The first-order chi connectivity index (χ1) is 14.5. The number of esters is 1. The van der Waals surface area contributed by atoms with Crippen molar-refractivity contribution in [3.05, 3.63) is 57.6 Å². The third-order valence-electron chi connectivity index (χ3n) is 4.79. The molecule has 2 aromatic rings. The van der Waals surface area contributed by atoms with Crippen molar-refractivity contribution in [1.82, 2.24) is 0 Å². The second kappa shape index (κ2) is 8.37. The lowest BCUT2D eigenvalue weighted by Crippen LogP contribution is -2.37. The van der Waals surface area contributed by atoms with Crippen LogP contribution in [0.3, 0.4) is 0 Å². The Morgan fingerprint density at radius 3 is 2.60 bits per heavy atom. The lowest BCUT2D eigenvalue weighted by atomic mass is 10.1. The first kappa shape index (κ1) is 19.6. The number of ether oxygens (including phenoxy) is 4. The van der Waals surface area contributed by atoms with E-state index >= 15 is 0 Å². The molecule has 0 radical (unpaired) electrons. The van der Waals surface area contributed by atoms with Crippen molar-refractivity contribution in [3.63, 3.8) is 0 Å². The van der Waals surface area contributed by atoms with Gasteiger partial charge in [0.05, 0.1) is 29.4 Å². The second-order valence-electron chi connectivity index (χ2n) is 6.63. The normalized spacial score (nSPS) is 15.0. The third-order valence-corrected chi connectivity index (χ3v) is 4.79. The standard InChI is InChI=1S/C20H18N2O8/c23-17(13-1-4-18-19(9-13)30-12-29-18)11-28-20(24)15-10-14(22(25)26)2-3-16(15)21-5-7-27-8-6-21/h1-4,9-10H,5-8,11-12H2. The molecule has 0 aromatic heterocycles. The number of carbonyl (C=O) groups is 2. The van der Waals surface area contributed by atoms with Crippen molar-refractivity contribution in [3.8, 4) is 11.5 Å². The highest BCUT2D eigenvalue weighted by Crippen LogP contribution is 2.32. The molecule has 0 spiro atoms. The Morgan fingerprint density at radius 2 is 1.83 bits per heavy atom. The summed E-state index contributed by atoms with van der Waals surface area (Å²) in [7, 11) is 0. The average Bonchev–Trinajstić information content (AvgIpc) is 3.25. The molecular weight excluding hydrogens is 396 g/mol. The minimum Gasteiger partial charge on any atom is -0.454 e. The molecule has 0 unspecified atom stereocenters. The molecule has 30 heavy (non-hydrogen) atoms. The smallest absolute Gasteiger partial charge is 0.340 e. The van der Waals surface area contributed by atoms with Gasteiger partial charge in [0.2, 0.25) is 6.79 Å². The van der Waals surface area contributed by atoms with E-state index in [1.54, 1.807) is 12.1 Å². The number of benzene rings is 2. The zero-order chi connectivity index (χ0) is 21.1. The summed E-state index contributed by atoms with van der Waals surface area (Å²) in [4.78, 5) is 37.6. The number of fused-ring (bicyclic) bond motifs is 1. The summed E-state index contributed by atoms with van der Waals surface area (Å²) in [6, 6.07) is 8.69. The van der Waals surface area contributed by atoms with Gasteiger partial charge in [-0.25, -0.2) is 4.79 Å². The van der Waals surface area contributed by atoms with E-state index in [1.807, 2.05) is 4.90 Å². The summed E-state index contributed by atoms with van der Waals surface area (Å²) in [6.07, 6.45) is 0. The zero-order valence-corrected chi connectivity index (χ0v) is 15.9. The van der Waals surface area contributed by atoms with Gasteiger partial charge < -0.3 is 23.8 Å². The summed E-state index contributed by atoms with van der Waals surface area (Å²) in [5, 5.41) is 11.2. The number of nitro groups is 1. The van der Waals surface area contributed by atoms with E-state index in [0.717, 1.165) is 6.07 Å². The van der Waals surface area contributed by atoms with Crippen molar-refractivity contribution >= 4 is 23.1 Å². The molecule has 0 atom stereocenters. The number of hydrogen-bond donors (Lipinski definition) is 0. The van der Waals surface area contributed by atoms with Gasteiger partial charge in [-0.05, 0) is 24.3 Å². The van der Waals surface area contributed by atoms with Crippen LogP contribution in [0.25, 0.3) is 0 Å². The van der Waals surface area contributed by atoms with Crippen LogP contribution in [0.2, 0.25) is 0 Å². The van der Waals surface area contributed by atoms with Gasteiger partial charge in [0, 0.05) is 30.8 Å². The van der Waals surface area contributed by atoms with Gasteiger partial charge in [0.15, 0.2) is 23.9 Å². The molecule has 10 nitrogen and oxygen atoms in total. The van der Waals surface area contributed by atoms with E-state index in [0.29, 0.717) is 49.1 Å². The SMILES string of the molecule is O=C(COC(=O)c1cc([N+](=O)[O-])ccc1N1CCOCC1)c1ccc2c(c1)OCO2. The van der Waals surface area contributed by atoms with Crippen molar-refractivity contribution in [2.75, 3.05) is 44.6 Å². The molecule has 2 heterocycles. The molecular formula is C20H18N2O8. The highest BCUT2D eigenvalue weighted by molar-refractivity contribution is 6.01. The van der Waals surface area contributed by atoms with E-state index < -0.39 is 23.3 Å². The molecule has 1 saturated heterocycles. The van der Waals surface area contributed by atoms with Gasteiger partial charge in [-0.15, -0.1) is 0 Å². The van der Waals surface area contributed by atoms with Crippen LogP contribution >= 0.6 is 0 Å². The summed E-state index contributed by atoms with van der Waals surface area (Å²) in [6.45, 7) is 1.60. The number of rotatable bonds is 6. The van der Waals surface area contributed by atoms with Gasteiger partial charge >= 0.3 is 5.97 Å². The quantitative estimate of drug-likeness (QED) is 0.303. The maximum absolute atomic E-state index is 12.7. The number of morpholine rings is 1. The zero-order valence-electron chi connectivity index (χ0n) is 15.9. The number of non-ortho nitro benzene ring substituents is 1. The monoisotopic (exact) mass is 414 g/mol. The molecule has 2 aromatic carbocycles. The Balaban J connectivity index is 1.51. The Morgan fingerprint density at radius 1 is 1.07 bits per heavy atom. The maximum atomic E-state index is 12.7. The van der Waals surface area contributed by atoms with Crippen molar-refractivity contribution in [2.45, 2.75) is 0 Å². The fraction of sp³-hybridized carbons (Fsp3) is 0.300. The summed E-state index contributed by atoms with van der Waals surface area (Å²) in [5.74, 6) is -0.259. The van der Waals surface area contributed by atoms with Crippen LogP contribution in [-0.4, -0.2) is 56.4 Å². The Labute approximate surface area is 171 Å². The van der Waals surface area contributed by atoms with Crippen molar-refractivity contribution in [2.24, 2.45) is 0 Å². The lowest BCUT2D eigenvalue weighted by molar-refractivity contribution is -0.384. The van der Waals surface area contributed by atoms with Gasteiger partial charge in [0.1, 0.15) is 0 Å². The number of anilines is 1. The fourth-order valence-electron chi connectivity index (χ4n) is 3.24. The second-order valence-corrected chi connectivity index (χ2v) is 6.63. The van der Waals surface area contributed by atoms with E-state index in [-0.39, 0.29) is 18.0 Å². The number of hydrogen-bond acceptors (Lipinski definition) is 9. The van der Waals surface area contributed by atoms with Crippen LogP contribution in [0.4, 0.5) is 11.4 Å². The molecule has 0 amide bonds. The van der Waals surface area contributed by atoms with E-state index in [9.17, 15) is 19.7 Å². The van der Waals surface area contributed by atoms with E-state index in [2.05, 4.69) is 0 Å². The number of nitro benzene ring substituents is 1. The van der Waals surface area contributed by atoms with Gasteiger partial charge in [0.25, 0.3) is 5.69 Å². The van der Waals surface area contributed by atoms with Crippen molar-refractivity contribution in [1.29, 1.82) is 0 Å². The molecule has 2 aliphatic rings. The lowest BCUT2D eigenvalue weighted by Gasteiger charge is -2.30. The largest absolute Gasteiger partial charge is 0.454 e. The van der Waals surface area contributed by atoms with Gasteiger partial charge in [-0.1, -0.05) is 0 Å². The molecule has 0 saturated carbocycles. The first-order valence-corrected chi connectivity index (χ1v) is 9.24. The highest BCUT2D eigenvalue weighted by atomic mass is 16.7. The molecule has 0 aliphatic carbocycles. The number of carbonyl (C=O) groups excluding carboxylic acids is 2. The molecule has 10 heteroatoms. The summed E-state index contributed by atoms with van der Waals surface area (Å²) in [5.41, 5.74) is 0.606. The molecule has 156 valence electrons. The predicted octanol–water partition coefficient (Wildman–Crippen LogP) is 2.20. The predicted molar refractivity (Wildman–Crippen MR) is 103 cm³/mol. The minimum absolute atomic E-state index is 0.0320. The number of ketones is 1. The van der Waals surface area contributed by atoms with Crippen LogP contribution < -0.4 is 14.4 Å². The Bertz CT molecular complexity index is 1000. The Kier molecular flexibility index (Phi) is 5.48. The van der Waals surface area contributed by atoms with E-state index in [4.69, 9.17) is 18.9 Å². The molecule has 1 fully saturated rings. The van der Waals surface area contributed by atoms with Crippen LogP contribution in [-0.2, 0) is 9.47 Å². The topological polar surface area (TPSA) is 117 Å². The summed E-state index contributed by atoms with van der Waals surface area (Å²) < 4.78 is 20.9. The first-order valence-electron chi connectivity index (χ1n) is 9.24. The Hall–Kier alpha value is -3.66. The molecule has 0 N–H and O–H groups in total. The average molecular weight is 414 g/mol. The highest BCUT2D eigenvalue weighted by Gasteiger charge is 2.24. The third kappa shape index (κ3) is 4.03. The molecule has 2 aliphatic heterocycles. The summed E-state index contributed by atoms with van der Waals surface area (Å²) >= 11 is 0. The minimum atomic E-state index is -0.811. The van der Waals surface area contributed by atoms with Crippen LogP contribution in [0.1, 0.15) is 20.7 Å². The van der Waals surface area contributed by atoms with Crippen LogP contribution in [0, 0.1) is 10.1 Å². The van der Waals surface area contributed by atoms with Crippen molar-refractivity contribution < 1.29 is 33.5 Å². The molecule has 0 bridgehead atoms. The van der Waals surface area contributed by atoms with Gasteiger partial charge in [-0.2, -0.15) is 0 Å². The maximum Gasteiger partial charge on any atom is 0.340 e. The number of Topliss-reactive ketones (excluding diaryl/α,β-unsaturated/α-hetero) is 1. The molecule has 4 rings (SSSR count). The van der Waals surface area contributed by atoms with Crippen LogP contribution in [0.5, 0.6) is 11.5 Å².